The maximum Gasteiger partial charge on any atom is 0.258 e. The summed E-state index contributed by atoms with van der Waals surface area (Å²) in [6, 6.07) is -0.167. The first-order valence-corrected chi connectivity index (χ1v) is 7.93. The largest absolute Gasteiger partial charge is 0.380 e. The molecule has 2 aromatic heterocycles. The minimum Gasteiger partial charge on any atom is -0.380 e. The smallest absolute Gasteiger partial charge is 0.258 e. The second kappa shape index (κ2) is 5.45. The molecule has 2 fully saturated rings. The van der Waals surface area contributed by atoms with Gasteiger partial charge in [-0.05, 0) is 19.8 Å². The molecule has 2 N–H and O–H groups in total. The van der Waals surface area contributed by atoms with Crippen LogP contribution in [0.1, 0.15) is 58.9 Å². The number of aromatic nitrogens is 5. The predicted octanol–water partition coefficient (Wildman–Crippen LogP) is 1.32. The number of H-pyrrole nitrogens is 2. The van der Waals surface area contributed by atoms with Gasteiger partial charge in [0.1, 0.15) is 5.82 Å². The summed E-state index contributed by atoms with van der Waals surface area (Å²) in [6.07, 6.45) is 4.57. The van der Waals surface area contributed by atoms with E-state index in [1.807, 2.05) is 11.8 Å². The van der Waals surface area contributed by atoms with Gasteiger partial charge in [-0.1, -0.05) is 0 Å². The van der Waals surface area contributed by atoms with E-state index in [0.717, 1.165) is 24.4 Å². The molecular formula is C15H20N6O2. The number of carbonyl (C=O) groups excluding carboxylic acids is 1. The Kier molecular flexibility index (Phi) is 3.41. The molecular weight excluding hydrogens is 296 g/mol. The van der Waals surface area contributed by atoms with Crippen LogP contribution >= 0.6 is 0 Å². The molecule has 3 heterocycles. The number of nitrogens with one attached hydrogen (secondary N) is 2. The highest BCUT2D eigenvalue weighted by molar-refractivity contribution is 5.95. The molecule has 8 nitrogen and oxygen atoms in total. The number of aromatic amines is 2. The fourth-order valence-electron chi connectivity index (χ4n) is 3.25. The molecule has 2 atom stereocenters. The third-order valence-electron chi connectivity index (χ3n) is 4.65. The molecule has 122 valence electrons. The molecule has 1 aliphatic carbocycles. The molecule has 0 bridgehead atoms. The Morgan fingerprint density at radius 2 is 2.22 bits per heavy atom. The number of rotatable bonds is 4. The summed E-state index contributed by atoms with van der Waals surface area (Å²) in [4.78, 5) is 19.3. The molecule has 0 aromatic carbocycles. The Hall–Kier alpha value is -2.22. The monoisotopic (exact) mass is 316 g/mol. The van der Waals surface area contributed by atoms with E-state index >= 15 is 0 Å². The number of methoxy groups -OCH3 is 1. The normalized spacial score (nSPS) is 24.3. The fourth-order valence-corrected chi connectivity index (χ4v) is 3.25. The van der Waals surface area contributed by atoms with Crippen LogP contribution in [-0.4, -0.2) is 55.9 Å². The average Bonchev–Trinajstić information content (AvgIpc) is 2.99. The van der Waals surface area contributed by atoms with Crippen molar-refractivity contribution in [3.05, 3.63) is 29.1 Å². The molecule has 23 heavy (non-hydrogen) atoms. The molecule has 1 saturated carbocycles. The van der Waals surface area contributed by atoms with Crippen molar-refractivity contribution >= 4 is 5.91 Å². The molecule has 8 heteroatoms. The number of nitrogens with zero attached hydrogens (tertiary/aromatic N) is 4. The van der Waals surface area contributed by atoms with E-state index in [2.05, 4.69) is 25.4 Å². The summed E-state index contributed by atoms with van der Waals surface area (Å²) >= 11 is 0. The molecule has 0 unspecified atom stereocenters. The fraction of sp³-hybridized carbons (Fsp3) is 0.600. The Labute approximate surface area is 133 Å². The molecule has 1 amide bonds. The van der Waals surface area contributed by atoms with Gasteiger partial charge in [0.05, 0.1) is 29.6 Å². The van der Waals surface area contributed by atoms with Crippen LogP contribution in [0.2, 0.25) is 0 Å². The molecule has 2 aliphatic rings. The van der Waals surface area contributed by atoms with Crippen LogP contribution in [0, 0.1) is 6.92 Å². The lowest BCUT2D eigenvalue weighted by Crippen LogP contribution is -2.32. The van der Waals surface area contributed by atoms with Crippen LogP contribution in [0.15, 0.2) is 6.20 Å². The quantitative estimate of drug-likeness (QED) is 0.886. The zero-order chi connectivity index (χ0) is 16.0. The highest BCUT2D eigenvalue weighted by Crippen LogP contribution is 2.41. The van der Waals surface area contributed by atoms with Crippen molar-refractivity contribution < 1.29 is 9.53 Å². The second-order valence-electron chi connectivity index (χ2n) is 6.32. The number of aryl methyl sites for hydroxylation is 1. The maximum atomic E-state index is 13.1. The van der Waals surface area contributed by atoms with Gasteiger partial charge < -0.3 is 9.64 Å². The van der Waals surface area contributed by atoms with Crippen LogP contribution in [-0.2, 0) is 4.74 Å². The number of ether oxygens (including phenoxy) is 1. The Morgan fingerprint density at radius 1 is 1.39 bits per heavy atom. The maximum absolute atomic E-state index is 13.1. The van der Waals surface area contributed by atoms with Crippen molar-refractivity contribution in [3.63, 3.8) is 0 Å². The SMILES string of the molecule is CO[C@@H]1C[C@@H](c2n[nH]c(C)n2)N(C(=O)c2cn[nH]c2C2CC2)C1. The van der Waals surface area contributed by atoms with Crippen LogP contribution in [0.3, 0.4) is 0 Å². The summed E-state index contributed by atoms with van der Waals surface area (Å²) in [5, 5.41) is 14.2. The number of likely N-dealkylation sites (tertiary alicyclic amines) is 1. The van der Waals surface area contributed by atoms with E-state index in [4.69, 9.17) is 4.74 Å². The Morgan fingerprint density at radius 3 is 2.87 bits per heavy atom. The van der Waals surface area contributed by atoms with Gasteiger partial charge in [-0.2, -0.15) is 10.2 Å². The van der Waals surface area contributed by atoms with Crippen molar-refractivity contribution in [2.75, 3.05) is 13.7 Å². The summed E-state index contributed by atoms with van der Waals surface area (Å²) in [7, 11) is 1.67. The number of amides is 1. The van der Waals surface area contributed by atoms with Gasteiger partial charge in [0.2, 0.25) is 0 Å². The standard InChI is InChI=1S/C15H20N6O2/c1-8-17-14(20-18-8)12-5-10(23-2)7-21(12)15(22)11-6-16-19-13(11)9-3-4-9/h6,9-10,12H,3-5,7H2,1-2H3,(H,16,19)(H,17,18,20)/t10-,12+/m1/s1. The number of hydrogen-bond acceptors (Lipinski definition) is 5. The molecule has 4 rings (SSSR count). The highest BCUT2D eigenvalue weighted by Gasteiger charge is 2.41. The topological polar surface area (TPSA) is 99.8 Å². The van der Waals surface area contributed by atoms with Crippen LogP contribution in [0.5, 0.6) is 0 Å². The first kappa shape index (κ1) is 14.4. The first-order valence-electron chi connectivity index (χ1n) is 7.93. The lowest BCUT2D eigenvalue weighted by atomic mass is 10.1. The average molecular weight is 316 g/mol. The van der Waals surface area contributed by atoms with Crippen molar-refractivity contribution in [1.82, 2.24) is 30.3 Å². The molecule has 1 aliphatic heterocycles. The summed E-state index contributed by atoms with van der Waals surface area (Å²) in [5.74, 6) is 1.82. The second-order valence-corrected chi connectivity index (χ2v) is 6.32. The predicted molar refractivity (Wildman–Crippen MR) is 80.9 cm³/mol. The molecule has 2 aromatic rings. The summed E-state index contributed by atoms with van der Waals surface area (Å²) in [6.45, 7) is 2.40. The summed E-state index contributed by atoms with van der Waals surface area (Å²) in [5.41, 5.74) is 1.63. The van der Waals surface area contributed by atoms with Gasteiger partial charge >= 0.3 is 0 Å². The van der Waals surface area contributed by atoms with E-state index < -0.39 is 0 Å². The van der Waals surface area contributed by atoms with Gasteiger partial charge in [-0.3, -0.25) is 15.0 Å². The third kappa shape index (κ3) is 2.52. The van der Waals surface area contributed by atoms with Crippen molar-refractivity contribution in [2.24, 2.45) is 0 Å². The van der Waals surface area contributed by atoms with Gasteiger partial charge in [0.25, 0.3) is 5.91 Å². The minimum atomic E-state index is -0.167. The van der Waals surface area contributed by atoms with Crippen LogP contribution < -0.4 is 0 Å². The van der Waals surface area contributed by atoms with Crippen LogP contribution in [0.25, 0.3) is 0 Å². The van der Waals surface area contributed by atoms with Crippen molar-refractivity contribution in [3.8, 4) is 0 Å². The molecule has 1 saturated heterocycles. The molecule has 0 spiro atoms. The minimum absolute atomic E-state index is 0.000896. The van der Waals surface area contributed by atoms with E-state index in [0.29, 0.717) is 30.3 Å². The van der Waals surface area contributed by atoms with E-state index in [1.165, 1.54) is 0 Å². The Bertz CT molecular complexity index is 719. The highest BCUT2D eigenvalue weighted by atomic mass is 16.5. The van der Waals surface area contributed by atoms with Crippen molar-refractivity contribution in [1.29, 1.82) is 0 Å². The zero-order valence-electron chi connectivity index (χ0n) is 13.2. The summed E-state index contributed by atoms with van der Waals surface area (Å²) < 4.78 is 5.47. The van der Waals surface area contributed by atoms with Crippen molar-refractivity contribution in [2.45, 2.75) is 44.2 Å². The van der Waals surface area contributed by atoms with Gasteiger partial charge in [0, 0.05) is 26.0 Å². The number of carbonyl (C=O) groups is 1. The van der Waals surface area contributed by atoms with Gasteiger partial charge in [-0.25, -0.2) is 4.98 Å². The van der Waals surface area contributed by atoms with Gasteiger partial charge in [0.15, 0.2) is 5.82 Å². The first-order chi connectivity index (χ1) is 11.2. The lowest BCUT2D eigenvalue weighted by Gasteiger charge is -2.22. The molecule has 0 radical (unpaired) electrons. The van der Waals surface area contributed by atoms with E-state index in [-0.39, 0.29) is 18.1 Å². The van der Waals surface area contributed by atoms with E-state index in [9.17, 15) is 4.79 Å². The Balaban J connectivity index is 1.64. The zero-order valence-corrected chi connectivity index (χ0v) is 13.2. The van der Waals surface area contributed by atoms with Crippen LogP contribution in [0.4, 0.5) is 0 Å². The number of hydrogen-bond donors (Lipinski definition) is 2. The van der Waals surface area contributed by atoms with Gasteiger partial charge in [-0.15, -0.1) is 0 Å². The lowest BCUT2D eigenvalue weighted by molar-refractivity contribution is 0.0683. The third-order valence-corrected chi connectivity index (χ3v) is 4.65. The van der Waals surface area contributed by atoms with E-state index in [1.54, 1.807) is 13.3 Å².